The standard InChI is InChI=1S/C12H20O2/c1-2-6-11(9-12(13)14)10-7-4-3-5-8-10/h2,6,10-11H,3-5,7-9H2,1H3,(H,13,14)/b6-2+/t11-/m1/s1. The zero-order valence-electron chi connectivity index (χ0n) is 8.91. The average Bonchev–Trinajstić information content (AvgIpc) is 2.18. The number of carboxylic acids is 1. The third-order valence-electron chi connectivity index (χ3n) is 3.11. The fraction of sp³-hybridized carbons (Fsp3) is 0.750. The van der Waals surface area contributed by atoms with Crippen molar-refractivity contribution >= 4 is 5.97 Å². The van der Waals surface area contributed by atoms with Crippen LogP contribution in [0.25, 0.3) is 0 Å². The van der Waals surface area contributed by atoms with Crippen LogP contribution in [0.1, 0.15) is 45.4 Å². The number of carbonyl (C=O) groups is 1. The zero-order valence-corrected chi connectivity index (χ0v) is 8.91. The van der Waals surface area contributed by atoms with Crippen LogP contribution in [0.15, 0.2) is 12.2 Å². The Morgan fingerprint density at radius 3 is 2.57 bits per heavy atom. The summed E-state index contributed by atoms with van der Waals surface area (Å²) in [4.78, 5) is 10.7. The highest BCUT2D eigenvalue weighted by atomic mass is 16.4. The Balaban J connectivity index is 2.51. The molecule has 1 fully saturated rings. The minimum absolute atomic E-state index is 0.262. The fourth-order valence-corrected chi connectivity index (χ4v) is 2.40. The van der Waals surface area contributed by atoms with E-state index in [-0.39, 0.29) is 5.92 Å². The van der Waals surface area contributed by atoms with Crippen molar-refractivity contribution in [3.05, 3.63) is 12.2 Å². The third kappa shape index (κ3) is 3.52. The van der Waals surface area contributed by atoms with E-state index in [0.29, 0.717) is 12.3 Å². The van der Waals surface area contributed by atoms with Crippen molar-refractivity contribution in [3.8, 4) is 0 Å². The van der Waals surface area contributed by atoms with Gasteiger partial charge in [0.25, 0.3) is 0 Å². The molecule has 1 aliphatic rings. The molecular weight excluding hydrogens is 176 g/mol. The Morgan fingerprint density at radius 1 is 1.43 bits per heavy atom. The third-order valence-corrected chi connectivity index (χ3v) is 3.11. The topological polar surface area (TPSA) is 37.3 Å². The van der Waals surface area contributed by atoms with Gasteiger partial charge in [0.15, 0.2) is 0 Å². The van der Waals surface area contributed by atoms with E-state index >= 15 is 0 Å². The maximum Gasteiger partial charge on any atom is 0.303 e. The lowest BCUT2D eigenvalue weighted by Gasteiger charge is -2.27. The van der Waals surface area contributed by atoms with Gasteiger partial charge in [-0.3, -0.25) is 4.79 Å². The summed E-state index contributed by atoms with van der Waals surface area (Å²) in [6.45, 7) is 1.97. The van der Waals surface area contributed by atoms with E-state index in [1.165, 1.54) is 32.1 Å². The summed E-state index contributed by atoms with van der Waals surface area (Å²) in [5, 5.41) is 8.81. The van der Waals surface area contributed by atoms with Gasteiger partial charge in [-0.2, -0.15) is 0 Å². The first-order valence-electron chi connectivity index (χ1n) is 5.58. The molecule has 0 aromatic rings. The van der Waals surface area contributed by atoms with Crippen LogP contribution in [0.3, 0.4) is 0 Å². The molecular formula is C12H20O2. The Morgan fingerprint density at radius 2 is 2.07 bits per heavy atom. The summed E-state index contributed by atoms with van der Waals surface area (Å²) in [6, 6.07) is 0. The summed E-state index contributed by atoms with van der Waals surface area (Å²) in [6.07, 6.45) is 10.7. The van der Waals surface area contributed by atoms with E-state index in [0.717, 1.165) is 0 Å². The van der Waals surface area contributed by atoms with Crippen LogP contribution in [-0.2, 0) is 4.79 Å². The molecule has 0 radical (unpaired) electrons. The normalized spacial score (nSPS) is 21.2. The molecule has 2 nitrogen and oxygen atoms in total. The minimum Gasteiger partial charge on any atom is -0.481 e. The number of aliphatic carboxylic acids is 1. The summed E-state index contributed by atoms with van der Waals surface area (Å²) >= 11 is 0. The quantitative estimate of drug-likeness (QED) is 0.701. The predicted molar refractivity (Wildman–Crippen MR) is 57.1 cm³/mol. The molecule has 0 bridgehead atoms. The molecule has 1 saturated carbocycles. The van der Waals surface area contributed by atoms with E-state index in [1.807, 2.05) is 13.0 Å². The Kier molecular flexibility index (Phi) is 4.71. The molecule has 0 spiro atoms. The van der Waals surface area contributed by atoms with Crippen LogP contribution in [-0.4, -0.2) is 11.1 Å². The molecule has 1 aliphatic carbocycles. The van der Waals surface area contributed by atoms with Crippen LogP contribution in [0.2, 0.25) is 0 Å². The highest BCUT2D eigenvalue weighted by molar-refractivity contribution is 5.67. The monoisotopic (exact) mass is 196 g/mol. The molecule has 0 aromatic carbocycles. The van der Waals surface area contributed by atoms with Crippen molar-refractivity contribution in [2.45, 2.75) is 45.4 Å². The fourth-order valence-electron chi connectivity index (χ4n) is 2.40. The lowest BCUT2D eigenvalue weighted by Crippen LogP contribution is -2.19. The van der Waals surface area contributed by atoms with Gasteiger partial charge in [0.05, 0.1) is 6.42 Å². The van der Waals surface area contributed by atoms with Crippen LogP contribution in [0.5, 0.6) is 0 Å². The highest BCUT2D eigenvalue weighted by Gasteiger charge is 2.23. The lowest BCUT2D eigenvalue weighted by atomic mass is 9.78. The summed E-state index contributed by atoms with van der Waals surface area (Å²) in [5.74, 6) is 0.201. The van der Waals surface area contributed by atoms with Crippen LogP contribution in [0, 0.1) is 11.8 Å². The van der Waals surface area contributed by atoms with Gasteiger partial charge in [0.2, 0.25) is 0 Å². The predicted octanol–water partition coefficient (Wildman–Crippen LogP) is 3.23. The molecule has 0 unspecified atom stereocenters. The number of carboxylic acid groups (broad SMARTS) is 1. The van der Waals surface area contributed by atoms with Gasteiger partial charge >= 0.3 is 5.97 Å². The van der Waals surface area contributed by atoms with E-state index in [4.69, 9.17) is 5.11 Å². The molecule has 0 saturated heterocycles. The lowest BCUT2D eigenvalue weighted by molar-refractivity contribution is -0.138. The van der Waals surface area contributed by atoms with Crippen molar-refractivity contribution in [2.75, 3.05) is 0 Å². The van der Waals surface area contributed by atoms with Crippen molar-refractivity contribution < 1.29 is 9.90 Å². The summed E-state index contributed by atoms with van der Waals surface area (Å²) in [5.41, 5.74) is 0. The molecule has 0 heterocycles. The molecule has 0 aromatic heterocycles. The maximum atomic E-state index is 10.7. The van der Waals surface area contributed by atoms with Crippen LogP contribution < -0.4 is 0 Å². The van der Waals surface area contributed by atoms with Gasteiger partial charge < -0.3 is 5.11 Å². The van der Waals surface area contributed by atoms with Crippen molar-refractivity contribution in [2.24, 2.45) is 11.8 Å². The van der Waals surface area contributed by atoms with Gasteiger partial charge in [-0.15, -0.1) is 0 Å². The van der Waals surface area contributed by atoms with Crippen molar-refractivity contribution in [1.29, 1.82) is 0 Å². The van der Waals surface area contributed by atoms with Crippen molar-refractivity contribution in [3.63, 3.8) is 0 Å². The largest absolute Gasteiger partial charge is 0.481 e. The SMILES string of the molecule is C/C=C/[C@H](CC(=O)O)C1CCCCC1. The summed E-state index contributed by atoms with van der Waals surface area (Å²) < 4.78 is 0. The van der Waals surface area contributed by atoms with Gasteiger partial charge in [-0.1, -0.05) is 31.4 Å². The summed E-state index contributed by atoms with van der Waals surface area (Å²) in [7, 11) is 0. The van der Waals surface area contributed by atoms with E-state index in [1.54, 1.807) is 0 Å². The van der Waals surface area contributed by atoms with E-state index < -0.39 is 5.97 Å². The molecule has 1 atom stereocenters. The number of hydrogen-bond acceptors (Lipinski definition) is 1. The smallest absolute Gasteiger partial charge is 0.303 e. The first-order chi connectivity index (χ1) is 6.74. The zero-order chi connectivity index (χ0) is 10.4. The minimum atomic E-state index is -0.668. The Hall–Kier alpha value is -0.790. The van der Waals surface area contributed by atoms with Crippen molar-refractivity contribution in [1.82, 2.24) is 0 Å². The second kappa shape index (κ2) is 5.84. The second-order valence-corrected chi connectivity index (χ2v) is 4.19. The second-order valence-electron chi connectivity index (χ2n) is 4.19. The number of rotatable bonds is 4. The van der Waals surface area contributed by atoms with E-state index in [2.05, 4.69) is 6.08 Å². The first kappa shape index (κ1) is 11.3. The first-order valence-corrected chi connectivity index (χ1v) is 5.58. The van der Waals surface area contributed by atoms with Crippen LogP contribution >= 0.6 is 0 Å². The number of allylic oxidation sites excluding steroid dienone is 2. The van der Waals surface area contributed by atoms with Crippen LogP contribution in [0.4, 0.5) is 0 Å². The van der Waals surface area contributed by atoms with Gasteiger partial charge in [0, 0.05) is 0 Å². The van der Waals surface area contributed by atoms with Gasteiger partial charge in [-0.05, 0) is 31.6 Å². The molecule has 0 aliphatic heterocycles. The highest BCUT2D eigenvalue weighted by Crippen LogP contribution is 2.32. The molecule has 1 N–H and O–H groups in total. The Labute approximate surface area is 86.0 Å². The molecule has 80 valence electrons. The maximum absolute atomic E-state index is 10.7. The van der Waals surface area contributed by atoms with Gasteiger partial charge in [-0.25, -0.2) is 0 Å². The van der Waals surface area contributed by atoms with Gasteiger partial charge in [0.1, 0.15) is 0 Å². The number of hydrogen-bond donors (Lipinski definition) is 1. The molecule has 2 heteroatoms. The average molecular weight is 196 g/mol. The Bertz CT molecular complexity index is 202. The molecule has 14 heavy (non-hydrogen) atoms. The molecule has 1 rings (SSSR count). The van der Waals surface area contributed by atoms with E-state index in [9.17, 15) is 4.79 Å². The molecule has 0 amide bonds.